The summed E-state index contributed by atoms with van der Waals surface area (Å²) < 4.78 is 45.6. The van der Waals surface area contributed by atoms with E-state index in [2.05, 4.69) is 15.6 Å². The molecule has 25 heavy (non-hydrogen) atoms. The monoisotopic (exact) mass is 356 g/mol. The molecule has 136 valence electrons. The number of halogens is 3. The van der Waals surface area contributed by atoms with Gasteiger partial charge < -0.3 is 19.9 Å². The zero-order chi connectivity index (χ0) is 18.3. The van der Waals surface area contributed by atoms with E-state index in [1.807, 2.05) is 4.57 Å². The van der Waals surface area contributed by atoms with E-state index in [9.17, 15) is 18.0 Å². The predicted molar refractivity (Wildman–Crippen MR) is 86.5 cm³/mol. The fraction of sp³-hybridized carbons (Fsp3) is 0.375. The van der Waals surface area contributed by atoms with Gasteiger partial charge in [0.1, 0.15) is 5.75 Å². The van der Waals surface area contributed by atoms with Crippen molar-refractivity contribution in [1.82, 2.24) is 14.9 Å². The smallest absolute Gasteiger partial charge is 0.416 e. The zero-order valence-corrected chi connectivity index (χ0v) is 13.6. The third-order valence-corrected chi connectivity index (χ3v) is 3.29. The van der Waals surface area contributed by atoms with Gasteiger partial charge in [-0.2, -0.15) is 13.2 Å². The number of aromatic nitrogens is 2. The van der Waals surface area contributed by atoms with Crippen molar-refractivity contribution in [2.45, 2.75) is 26.1 Å². The number of benzene rings is 1. The number of alkyl halides is 3. The van der Waals surface area contributed by atoms with Gasteiger partial charge in [0.25, 0.3) is 0 Å². The van der Waals surface area contributed by atoms with Crippen LogP contribution in [0.1, 0.15) is 18.9 Å². The summed E-state index contributed by atoms with van der Waals surface area (Å²) in [6, 6.07) is 2.38. The van der Waals surface area contributed by atoms with E-state index in [4.69, 9.17) is 4.74 Å². The lowest BCUT2D eigenvalue weighted by molar-refractivity contribution is -0.137. The molecule has 0 aliphatic heterocycles. The Morgan fingerprint density at radius 2 is 2.16 bits per heavy atom. The first-order valence-electron chi connectivity index (χ1n) is 7.74. The first kappa shape index (κ1) is 18.6. The molecule has 6 nitrogen and oxygen atoms in total. The second kappa shape index (κ2) is 8.41. The van der Waals surface area contributed by atoms with Crippen LogP contribution in [0.2, 0.25) is 0 Å². The number of nitrogens with one attached hydrogen (secondary N) is 2. The van der Waals surface area contributed by atoms with Gasteiger partial charge in [-0.3, -0.25) is 0 Å². The summed E-state index contributed by atoms with van der Waals surface area (Å²) in [5.41, 5.74) is -0.879. The molecule has 0 saturated carbocycles. The van der Waals surface area contributed by atoms with Crippen LogP contribution in [0, 0.1) is 0 Å². The van der Waals surface area contributed by atoms with Crippen molar-refractivity contribution >= 4 is 11.7 Å². The highest BCUT2D eigenvalue weighted by Crippen LogP contribution is 2.35. The maximum absolute atomic E-state index is 12.8. The number of imidazole rings is 1. The van der Waals surface area contributed by atoms with Crippen LogP contribution >= 0.6 is 0 Å². The third kappa shape index (κ3) is 5.70. The molecule has 1 aromatic carbocycles. The minimum Gasteiger partial charge on any atom is -0.492 e. The van der Waals surface area contributed by atoms with Crippen molar-refractivity contribution in [2.75, 3.05) is 18.5 Å². The molecule has 0 atom stereocenters. The number of aryl methyl sites for hydroxylation is 1. The molecule has 2 amide bonds. The lowest BCUT2D eigenvalue weighted by atomic mass is 10.2. The highest BCUT2D eigenvalue weighted by Gasteiger charge is 2.31. The highest BCUT2D eigenvalue weighted by molar-refractivity contribution is 5.91. The van der Waals surface area contributed by atoms with Crippen molar-refractivity contribution in [3.8, 4) is 5.75 Å². The van der Waals surface area contributed by atoms with E-state index >= 15 is 0 Å². The Labute approximate surface area is 143 Å². The van der Waals surface area contributed by atoms with Gasteiger partial charge in [0.2, 0.25) is 0 Å². The second-order valence-corrected chi connectivity index (χ2v) is 5.18. The van der Waals surface area contributed by atoms with Gasteiger partial charge in [-0.15, -0.1) is 0 Å². The molecule has 0 aliphatic carbocycles. The number of ether oxygens (including phenoxy) is 1. The second-order valence-electron chi connectivity index (χ2n) is 5.18. The van der Waals surface area contributed by atoms with Gasteiger partial charge in [0.05, 0.1) is 24.2 Å². The number of carbonyl (C=O) groups excluding carboxylic acids is 1. The summed E-state index contributed by atoms with van der Waals surface area (Å²) in [5.74, 6) is 0.184. The minimum atomic E-state index is -4.50. The summed E-state index contributed by atoms with van der Waals surface area (Å²) in [6.45, 7) is 3.02. The van der Waals surface area contributed by atoms with Crippen molar-refractivity contribution in [3.63, 3.8) is 0 Å². The third-order valence-electron chi connectivity index (χ3n) is 3.29. The molecule has 0 saturated heterocycles. The van der Waals surface area contributed by atoms with Crippen LogP contribution in [0.15, 0.2) is 36.9 Å². The average Bonchev–Trinajstić information content (AvgIpc) is 3.06. The van der Waals surface area contributed by atoms with E-state index < -0.39 is 17.8 Å². The van der Waals surface area contributed by atoms with E-state index in [1.165, 1.54) is 6.07 Å². The number of anilines is 1. The Bertz CT molecular complexity index is 687. The normalized spacial score (nSPS) is 11.2. The Morgan fingerprint density at radius 3 is 2.80 bits per heavy atom. The summed E-state index contributed by atoms with van der Waals surface area (Å²) in [4.78, 5) is 15.8. The lowest BCUT2D eigenvalue weighted by Gasteiger charge is -2.15. The molecular weight excluding hydrogens is 337 g/mol. The van der Waals surface area contributed by atoms with Crippen molar-refractivity contribution < 1.29 is 22.7 Å². The first-order valence-corrected chi connectivity index (χ1v) is 7.74. The van der Waals surface area contributed by atoms with Gasteiger partial charge in [-0.05, 0) is 31.5 Å². The van der Waals surface area contributed by atoms with Crippen molar-refractivity contribution in [2.24, 2.45) is 0 Å². The Morgan fingerprint density at radius 1 is 1.36 bits per heavy atom. The minimum absolute atomic E-state index is 0.0243. The van der Waals surface area contributed by atoms with Crippen molar-refractivity contribution in [3.05, 3.63) is 42.5 Å². The van der Waals surface area contributed by atoms with Crippen LogP contribution in [0.3, 0.4) is 0 Å². The average molecular weight is 356 g/mol. The molecule has 0 bridgehead atoms. The number of urea groups is 1. The van der Waals surface area contributed by atoms with Crippen LogP contribution in [-0.4, -0.2) is 28.7 Å². The maximum atomic E-state index is 12.8. The largest absolute Gasteiger partial charge is 0.492 e. The van der Waals surface area contributed by atoms with Crippen LogP contribution in [0.5, 0.6) is 5.75 Å². The van der Waals surface area contributed by atoms with E-state index in [1.54, 1.807) is 25.6 Å². The van der Waals surface area contributed by atoms with E-state index in [-0.39, 0.29) is 18.0 Å². The molecule has 1 aromatic heterocycles. The fourth-order valence-electron chi connectivity index (χ4n) is 2.13. The number of hydrogen-bond donors (Lipinski definition) is 2. The van der Waals surface area contributed by atoms with E-state index in [0.717, 1.165) is 12.1 Å². The molecule has 0 radical (unpaired) electrons. The Kier molecular flexibility index (Phi) is 6.26. The van der Waals surface area contributed by atoms with E-state index in [0.29, 0.717) is 19.5 Å². The maximum Gasteiger partial charge on any atom is 0.416 e. The quantitative estimate of drug-likeness (QED) is 0.746. The van der Waals surface area contributed by atoms with Gasteiger partial charge in [0, 0.05) is 25.5 Å². The molecule has 0 unspecified atom stereocenters. The van der Waals surface area contributed by atoms with Crippen LogP contribution in [0.25, 0.3) is 0 Å². The summed E-state index contributed by atoms with van der Waals surface area (Å²) in [6.07, 6.45) is 1.28. The number of nitrogens with zero attached hydrogens (tertiary/aromatic N) is 2. The van der Waals surface area contributed by atoms with Crippen LogP contribution in [-0.2, 0) is 12.7 Å². The number of amides is 2. The summed E-state index contributed by atoms with van der Waals surface area (Å²) in [5, 5.41) is 5.01. The molecule has 0 fully saturated rings. The predicted octanol–water partition coefficient (Wildman–Crippen LogP) is 3.51. The van der Waals surface area contributed by atoms with Gasteiger partial charge in [-0.1, -0.05) is 0 Å². The van der Waals surface area contributed by atoms with Crippen molar-refractivity contribution in [1.29, 1.82) is 0 Å². The lowest BCUT2D eigenvalue weighted by Crippen LogP contribution is -2.30. The molecule has 1 heterocycles. The summed E-state index contributed by atoms with van der Waals surface area (Å²) >= 11 is 0. The summed E-state index contributed by atoms with van der Waals surface area (Å²) in [7, 11) is 0. The van der Waals surface area contributed by atoms with Crippen LogP contribution in [0.4, 0.5) is 23.7 Å². The molecule has 0 spiro atoms. The molecule has 2 rings (SSSR count). The molecule has 9 heteroatoms. The molecule has 0 aliphatic rings. The molecule has 2 aromatic rings. The van der Waals surface area contributed by atoms with Gasteiger partial charge >= 0.3 is 12.2 Å². The van der Waals surface area contributed by atoms with Gasteiger partial charge in [-0.25, -0.2) is 9.78 Å². The molecular formula is C16H19F3N4O2. The van der Waals surface area contributed by atoms with Gasteiger partial charge in [0.15, 0.2) is 0 Å². The SMILES string of the molecule is CCOc1ccc(C(F)(F)F)cc1NC(=O)NCCCn1ccnc1. The number of rotatable bonds is 7. The molecule has 2 N–H and O–H groups in total. The Hall–Kier alpha value is -2.71. The fourth-order valence-corrected chi connectivity index (χ4v) is 2.13. The topological polar surface area (TPSA) is 68.2 Å². The van der Waals surface area contributed by atoms with Crippen LogP contribution < -0.4 is 15.4 Å². The number of hydrogen-bond acceptors (Lipinski definition) is 3. The standard InChI is InChI=1S/C16H19F3N4O2/c1-2-25-14-5-4-12(16(17,18)19)10-13(14)22-15(24)21-6-3-8-23-9-7-20-11-23/h4-5,7,9-11H,2-3,6,8H2,1H3,(H2,21,22,24). The number of carbonyl (C=O) groups is 1. The Balaban J connectivity index is 1.93. The highest BCUT2D eigenvalue weighted by atomic mass is 19.4. The first-order chi connectivity index (χ1) is 11.9. The zero-order valence-electron chi connectivity index (χ0n) is 13.6.